The summed E-state index contributed by atoms with van der Waals surface area (Å²) in [6, 6.07) is 12.1. The Kier molecular flexibility index (Phi) is 5.87. The van der Waals surface area contributed by atoms with E-state index in [1.165, 1.54) is 17.7 Å². The predicted octanol–water partition coefficient (Wildman–Crippen LogP) is 2.47. The molecule has 0 aromatic heterocycles. The molecule has 4 rings (SSSR count). The molecule has 0 aliphatic carbocycles. The van der Waals surface area contributed by atoms with Crippen LogP contribution in [0.25, 0.3) is 0 Å². The fourth-order valence-electron chi connectivity index (χ4n) is 4.03. The number of hydrogen-bond acceptors (Lipinski definition) is 4. The molecule has 2 heterocycles. The molecule has 162 valence electrons. The molecule has 0 atom stereocenters. The molecule has 31 heavy (non-hydrogen) atoms. The van der Waals surface area contributed by atoms with Gasteiger partial charge in [-0.25, -0.2) is 4.39 Å². The summed E-state index contributed by atoms with van der Waals surface area (Å²) in [4.78, 5) is 31.8. The second-order valence-corrected chi connectivity index (χ2v) is 8.42. The van der Waals surface area contributed by atoms with Crippen molar-refractivity contribution in [2.75, 3.05) is 19.6 Å². The van der Waals surface area contributed by atoms with E-state index in [1.54, 1.807) is 12.1 Å². The van der Waals surface area contributed by atoms with Crippen LogP contribution in [0, 0.1) is 19.7 Å². The summed E-state index contributed by atoms with van der Waals surface area (Å²) in [6.45, 7) is 6.09. The van der Waals surface area contributed by atoms with E-state index in [-0.39, 0.29) is 17.6 Å². The van der Waals surface area contributed by atoms with Crippen LogP contribution in [0.1, 0.15) is 35.1 Å². The van der Waals surface area contributed by atoms with E-state index in [9.17, 15) is 14.0 Å². The van der Waals surface area contributed by atoms with Crippen molar-refractivity contribution < 1.29 is 14.0 Å². The molecular formula is C24H27FN4O2. The molecule has 0 bridgehead atoms. The maximum absolute atomic E-state index is 13.0. The second-order valence-electron chi connectivity index (χ2n) is 8.42. The minimum absolute atomic E-state index is 0.0740. The van der Waals surface area contributed by atoms with E-state index >= 15 is 0 Å². The fraction of sp³-hybridized carbons (Fsp3) is 0.375. The number of carbonyl (C=O) groups excluding carboxylic acids is 2. The highest BCUT2D eigenvalue weighted by molar-refractivity contribution is 6.46. The lowest BCUT2D eigenvalue weighted by atomic mass is 9.98. The first-order chi connectivity index (χ1) is 14.8. The largest absolute Gasteiger partial charge is 0.351 e. The Labute approximate surface area is 181 Å². The first-order valence-corrected chi connectivity index (χ1v) is 10.6. The standard InChI is InChI=1S/C24H27FN4O2/c1-16-3-6-19(13-17(16)2)22-23(31)28-24(27-22)9-11-29(12-10-24)15-21(30)26-14-18-4-7-20(25)8-5-18/h3-8,13H,9-12,14-15H2,1-2H3,(H,26,30)(H,28,31). The van der Waals surface area contributed by atoms with Crippen LogP contribution in [0.15, 0.2) is 47.5 Å². The minimum atomic E-state index is -0.577. The number of aliphatic imine (C=N–C) groups is 1. The lowest BCUT2D eigenvalue weighted by Gasteiger charge is -2.36. The number of nitrogens with one attached hydrogen (secondary N) is 2. The Morgan fingerprint density at radius 1 is 1.13 bits per heavy atom. The fourth-order valence-corrected chi connectivity index (χ4v) is 4.03. The number of benzene rings is 2. The van der Waals surface area contributed by atoms with Gasteiger partial charge in [-0.1, -0.05) is 24.3 Å². The molecule has 7 heteroatoms. The average molecular weight is 423 g/mol. The van der Waals surface area contributed by atoms with Gasteiger partial charge in [0, 0.05) is 38.0 Å². The highest BCUT2D eigenvalue weighted by Gasteiger charge is 2.42. The highest BCUT2D eigenvalue weighted by Crippen LogP contribution is 2.29. The van der Waals surface area contributed by atoms with Crippen molar-refractivity contribution in [1.82, 2.24) is 15.5 Å². The monoisotopic (exact) mass is 422 g/mol. The number of amides is 2. The van der Waals surface area contributed by atoms with Crippen molar-refractivity contribution in [2.24, 2.45) is 4.99 Å². The maximum Gasteiger partial charge on any atom is 0.272 e. The van der Waals surface area contributed by atoms with Crippen LogP contribution in [0.4, 0.5) is 4.39 Å². The lowest BCUT2D eigenvalue weighted by molar-refractivity contribution is -0.123. The quantitative estimate of drug-likeness (QED) is 0.778. The van der Waals surface area contributed by atoms with Crippen molar-refractivity contribution >= 4 is 17.5 Å². The molecule has 0 saturated carbocycles. The number of likely N-dealkylation sites (tertiary alicyclic amines) is 1. The number of piperidine rings is 1. The normalized spacial score (nSPS) is 18.0. The SMILES string of the molecule is Cc1ccc(C2=NC3(CCN(CC(=O)NCc4ccc(F)cc4)CC3)NC2=O)cc1C. The third-order valence-electron chi connectivity index (χ3n) is 6.12. The Balaban J connectivity index is 1.32. The number of hydrogen-bond donors (Lipinski definition) is 2. The summed E-state index contributed by atoms with van der Waals surface area (Å²) < 4.78 is 13.0. The molecule has 0 radical (unpaired) electrons. The van der Waals surface area contributed by atoms with Crippen molar-refractivity contribution in [1.29, 1.82) is 0 Å². The molecule has 2 aromatic rings. The zero-order valence-electron chi connectivity index (χ0n) is 17.9. The van der Waals surface area contributed by atoms with Crippen LogP contribution in [-0.2, 0) is 16.1 Å². The van der Waals surface area contributed by atoms with E-state index in [1.807, 2.05) is 32.0 Å². The Morgan fingerprint density at radius 2 is 1.84 bits per heavy atom. The predicted molar refractivity (Wildman–Crippen MR) is 117 cm³/mol. The van der Waals surface area contributed by atoms with E-state index in [4.69, 9.17) is 4.99 Å². The van der Waals surface area contributed by atoms with Crippen molar-refractivity contribution in [3.63, 3.8) is 0 Å². The van der Waals surface area contributed by atoms with Gasteiger partial charge in [0.2, 0.25) is 5.91 Å². The Morgan fingerprint density at radius 3 is 2.52 bits per heavy atom. The summed E-state index contributed by atoms with van der Waals surface area (Å²) >= 11 is 0. The van der Waals surface area contributed by atoms with Gasteiger partial charge in [0.1, 0.15) is 17.2 Å². The first-order valence-electron chi connectivity index (χ1n) is 10.6. The van der Waals surface area contributed by atoms with Gasteiger partial charge >= 0.3 is 0 Å². The van der Waals surface area contributed by atoms with Gasteiger partial charge in [-0.3, -0.25) is 19.5 Å². The third kappa shape index (κ3) is 4.82. The van der Waals surface area contributed by atoms with Gasteiger partial charge < -0.3 is 10.6 Å². The molecule has 1 fully saturated rings. The third-order valence-corrected chi connectivity index (χ3v) is 6.12. The average Bonchev–Trinajstić information content (AvgIpc) is 3.07. The van der Waals surface area contributed by atoms with E-state index in [2.05, 4.69) is 15.5 Å². The van der Waals surface area contributed by atoms with E-state index in [0.29, 0.717) is 44.7 Å². The Hall–Kier alpha value is -3.06. The van der Waals surface area contributed by atoms with Crippen LogP contribution < -0.4 is 10.6 Å². The zero-order chi connectivity index (χ0) is 22.0. The van der Waals surface area contributed by atoms with E-state index < -0.39 is 5.66 Å². The van der Waals surface area contributed by atoms with Crippen LogP contribution in [0.5, 0.6) is 0 Å². The molecule has 2 amide bonds. The van der Waals surface area contributed by atoms with Crippen molar-refractivity contribution in [2.45, 2.75) is 38.9 Å². The lowest BCUT2D eigenvalue weighted by Crippen LogP contribution is -2.52. The number of carbonyl (C=O) groups is 2. The second kappa shape index (κ2) is 8.59. The maximum atomic E-state index is 13.0. The van der Waals surface area contributed by atoms with E-state index in [0.717, 1.165) is 16.7 Å². The van der Waals surface area contributed by atoms with Gasteiger partial charge in [0.05, 0.1) is 6.54 Å². The van der Waals surface area contributed by atoms with Gasteiger partial charge in [0.15, 0.2) is 0 Å². The summed E-state index contributed by atoms with van der Waals surface area (Å²) in [5.74, 6) is -0.497. The number of rotatable bonds is 5. The molecule has 2 aliphatic heterocycles. The van der Waals surface area contributed by atoms with Crippen molar-refractivity contribution in [3.8, 4) is 0 Å². The van der Waals surface area contributed by atoms with Gasteiger partial charge in [-0.15, -0.1) is 0 Å². The summed E-state index contributed by atoms with van der Waals surface area (Å²) in [7, 11) is 0. The minimum Gasteiger partial charge on any atom is -0.351 e. The first kappa shape index (κ1) is 21.2. The highest BCUT2D eigenvalue weighted by atomic mass is 19.1. The topological polar surface area (TPSA) is 73.8 Å². The van der Waals surface area contributed by atoms with Gasteiger partial charge in [0.25, 0.3) is 5.91 Å². The molecule has 0 unspecified atom stereocenters. The van der Waals surface area contributed by atoms with Crippen LogP contribution in [-0.4, -0.2) is 47.7 Å². The van der Waals surface area contributed by atoms with Gasteiger partial charge in [-0.05, 0) is 48.7 Å². The van der Waals surface area contributed by atoms with Crippen LogP contribution in [0.2, 0.25) is 0 Å². The molecule has 6 nitrogen and oxygen atoms in total. The number of halogens is 1. The summed E-state index contributed by atoms with van der Waals surface area (Å²) in [5, 5.41) is 5.95. The van der Waals surface area contributed by atoms with Crippen LogP contribution in [0.3, 0.4) is 0 Å². The molecule has 1 spiro atoms. The molecule has 1 saturated heterocycles. The molecule has 2 N–H and O–H groups in total. The van der Waals surface area contributed by atoms with Gasteiger partial charge in [-0.2, -0.15) is 0 Å². The summed E-state index contributed by atoms with van der Waals surface area (Å²) in [6.07, 6.45) is 1.33. The molecule has 2 aliphatic rings. The smallest absolute Gasteiger partial charge is 0.272 e. The summed E-state index contributed by atoms with van der Waals surface area (Å²) in [5.41, 5.74) is 3.94. The number of nitrogens with zero attached hydrogens (tertiary/aromatic N) is 2. The molecule has 2 aromatic carbocycles. The molecular weight excluding hydrogens is 395 g/mol. The zero-order valence-corrected chi connectivity index (χ0v) is 17.9. The van der Waals surface area contributed by atoms with Crippen LogP contribution >= 0.6 is 0 Å². The number of aryl methyl sites for hydroxylation is 2. The Bertz CT molecular complexity index is 1020. The van der Waals surface area contributed by atoms with Crippen molar-refractivity contribution in [3.05, 3.63) is 70.5 Å².